The number of anilines is 3. The molecule has 0 aliphatic carbocycles. The van der Waals surface area contributed by atoms with Gasteiger partial charge in [0.05, 0.1) is 23.0 Å². The summed E-state index contributed by atoms with van der Waals surface area (Å²) in [5, 5.41) is 7.29. The van der Waals surface area contributed by atoms with Crippen LogP contribution in [0.25, 0.3) is 16.7 Å². The largest absolute Gasteiger partial charge is 0.368 e. The van der Waals surface area contributed by atoms with E-state index >= 15 is 0 Å². The minimum absolute atomic E-state index is 0.415. The fraction of sp³-hybridized carbons (Fsp3) is 0.182. The van der Waals surface area contributed by atoms with Gasteiger partial charge in [0.15, 0.2) is 0 Å². The molecule has 0 atom stereocenters. The summed E-state index contributed by atoms with van der Waals surface area (Å²) in [5.74, 6) is 1.22. The lowest BCUT2D eigenvalue weighted by Gasteiger charge is -2.29. The Labute approximate surface area is 178 Å². The van der Waals surface area contributed by atoms with E-state index in [1.165, 1.54) is 0 Å². The number of fused-ring (bicyclic) bond motifs is 1. The van der Waals surface area contributed by atoms with Gasteiger partial charge in [0.1, 0.15) is 11.6 Å². The number of carbonyl (C=O) groups is 1. The van der Waals surface area contributed by atoms with Crippen molar-refractivity contribution < 1.29 is 4.79 Å². The highest BCUT2D eigenvalue weighted by molar-refractivity contribution is 6.06. The molecular formula is C22H22N8O. The van der Waals surface area contributed by atoms with Gasteiger partial charge in [0, 0.05) is 44.0 Å². The second-order valence-corrected chi connectivity index (χ2v) is 7.30. The number of amides is 1. The maximum absolute atomic E-state index is 11.9. The van der Waals surface area contributed by atoms with Crippen molar-refractivity contribution in [2.75, 3.05) is 36.4 Å². The zero-order chi connectivity index (χ0) is 21.2. The molecule has 1 saturated heterocycles. The van der Waals surface area contributed by atoms with Crippen LogP contribution in [0.4, 0.5) is 17.5 Å². The number of aromatic nitrogens is 4. The lowest BCUT2D eigenvalue weighted by atomic mass is 10.2. The number of hydrogen-bond donors (Lipinski definition) is 3. The third-order valence-corrected chi connectivity index (χ3v) is 5.34. The van der Waals surface area contributed by atoms with E-state index in [2.05, 4.69) is 30.5 Å². The van der Waals surface area contributed by atoms with E-state index in [1.807, 2.05) is 47.2 Å². The van der Waals surface area contributed by atoms with Gasteiger partial charge in [-0.3, -0.25) is 4.79 Å². The molecule has 4 heterocycles. The number of nitrogens with two attached hydrogens (primary N) is 1. The molecule has 0 spiro atoms. The summed E-state index contributed by atoms with van der Waals surface area (Å²) in [6.45, 7) is 3.90. The van der Waals surface area contributed by atoms with Gasteiger partial charge in [0.2, 0.25) is 5.95 Å². The monoisotopic (exact) mass is 414 g/mol. The Kier molecular flexibility index (Phi) is 4.93. The highest BCUT2D eigenvalue weighted by Crippen LogP contribution is 2.24. The molecule has 5 rings (SSSR count). The van der Waals surface area contributed by atoms with Crippen molar-refractivity contribution in [3.8, 4) is 5.82 Å². The topological polar surface area (TPSA) is 114 Å². The molecule has 4 N–H and O–H groups in total. The minimum atomic E-state index is -0.476. The van der Waals surface area contributed by atoms with Crippen LogP contribution < -0.4 is 21.3 Å². The van der Waals surface area contributed by atoms with Crippen LogP contribution in [0.3, 0.4) is 0 Å². The first-order valence-electron chi connectivity index (χ1n) is 10.1. The van der Waals surface area contributed by atoms with Gasteiger partial charge in [0.25, 0.3) is 5.91 Å². The van der Waals surface area contributed by atoms with E-state index in [0.29, 0.717) is 23.1 Å². The lowest BCUT2D eigenvalue weighted by molar-refractivity contribution is 0.100. The number of primary amides is 1. The predicted octanol–water partition coefficient (Wildman–Crippen LogP) is 2.07. The quantitative estimate of drug-likeness (QED) is 0.458. The molecule has 1 aliphatic heterocycles. The van der Waals surface area contributed by atoms with Crippen molar-refractivity contribution in [3.63, 3.8) is 0 Å². The molecule has 3 aromatic heterocycles. The molecule has 156 valence electrons. The summed E-state index contributed by atoms with van der Waals surface area (Å²) in [5.41, 5.74) is 7.95. The van der Waals surface area contributed by atoms with Crippen LogP contribution in [-0.2, 0) is 0 Å². The average molecular weight is 414 g/mol. The molecule has 0 bridgehead atoms. The van der Waals surface area contributed by atoms with Crippen LogP contribution >= 0.6 is 0 Å². The van der Waals surface area contributed by atoms with Crippen LogP contribution in [-0.4, -0.2) is 51.6 Å². The molecule has 1 aromatic carbocycles. The first kappa shape index (κ1) is 19.0. The minimum Gasteiger partial charge on any atom is -0.368 e. The summed E-state index contributed by atoms with van der Waals surface area (Å²) in [6, 6.07) is 13.3. The molecule has 4 aromatic rings. The van der Waals surface area contributed by atoms with E-state index < -0.39 is 5.91 Å². The third-order valence-electron chi connectivity index (χ3n) is 5.34. The first-order valence-corrected chi connectivity index (χ1v) is 10.1. The molecule has 1 aliphatic rings. The van der Waals surface area contributed by atoms with E-state index in [4.69, 9.17) is 5.73 Å². The van der Waals surface area contributed by atoms with E-state index in [0.717, 1.165) is 42.8 Å². The second-order valence-electron chi connectivity index (χ2n) is 7.30. The standard InChI is InChI=1S/C22H22N8O/c23-21(31)17-14-30(18-4-2-1-3-16(17)18)20-7-8-25-22(28-20)27-19-6-5-15(13-26-19)29-11-9-24-10-12-29/h1-8,13-14,24H,9-12H2,(H2,23,31)(H,25,26,27,28). The Bertz CT molecular complexity index is 1230. The van der Waals surface area contributed by atoms with Gasteiger partial charge in [-0.2, -0.15) is 4.98 Å². The molecule has 9 heteroatoms. The van der Waals surface area contributed by atoms with E-state index in [1.54, 1.807) is 18.5 Å². The van der Waals surface area contributed by atoms with E-state index in [-0.39, 0.29) is 0 Å². The van der Waals surface area contributed by atoms with Gasteiger partial charge < -0.3 is 25.8 Å². The fourth-order valence-electron chi connectivity index (χ4n) is 3.79. The van der Waals surface area contributed by atoms with Crippen molar-refractivity contribution in [3.05, 3.63) is 66.6 Å². The predicted molar refractivity (Wildman–Crippen MR) is 120 cm³/mol. The number of pyridine rings is 1. The Morgan fingerprint density at radius 3 is 2.68 bits per heavy atom. The molecule has 0 saturated carbocycles. The SMILES string of the molecule is NC(=O)c1cn(-c2ccnc(Nc3ccc(N4CCNCC4)cn3)n2)c2ccccc12. The van der Waals surface area contributed by atoms with Crippen molar-refractivity contribution in [2.24, 2.45) is 5.73 Å². The molecule has 31 heavy (non-hydrogen) atoms. The van der Waals surface area contributed by atoms with Crippen LogP contribution in [0.2, 0.25) is 0 Å². The van der Waals surface area contributed by atoms with Crippen LogP contribution in [0.5, 0.6) is 0 Å². The second kappa shape index (κ2) is 8.04. The highest BCUT2D eigenvalue weighted by atomic mass is 16.1. The third kappa shape index (κ3) is 3.78. The Morgan fingerprint density at radius 1 is 1.06 bits per heavy atom. The van der Waals surface area contributed by atoms with Crippen LogP contribution in [0.1, 0.15) is 10.4 Å². The van der Waals surface area contributed by atoms with E-state index in [9.17, 15) is 4.79 Å². The molecule has 1 fully saturated rings. The van der Waals surface area contributed by atoms with Crippen molar-refractivity contribution in [2.45, 2.75) is 0 Å². The molecule has 9 nitrogen and oxygen atoms in total. The van der Waals surface area contributed by atoms with Crippen LogP contribution in [0, 0.1) is 0 Å². The maximum Gasteiger partial charge on any atom is 0.250 e. The number of carbonyl (C=O) groups excluding carboxylic acids is 1. The van der Waals surface area contributed by atoms with Gasteiger partial charge >= 0.3 is 0 Å². The maximum atomic E-state index is 11.9. The fourth-order valence-corrected chi connectivity index (χ4v) is 3.79. The average Bonchev–Trinajstić information content (AvgIpc) is 3.21. The van der Waals surface area contributed by atoms with Gasteiger partial charge in [-0.05, 0) is 24.3 Å². The highest BCUT2D eigenvalue weighted by Gasteiger charge is 2.15. The summed E-state index contributed by atoms with van der Waals surface area (Å²) in [4.78, 5) is 27.6. The summed E-state index contributed by atoms with van der Waals surface area (Å²) >= 11 is 0. The molecular weight excluding hydrogens is 392 g/mol. The summed E-state index contributed by atoms with van der Waals surface area (Å²) in [7, 11) is 0. The number of rotatable bonds is 5. The zero-order valence-corrected chi connectivity index (χ0v) is 16.8. The van der Waals surface area contributed by atoms with Crippen molar-refractivity contribution in [1.29, 1.82) is 0 Å². The zero-order valence-electron chi connectivity index (χ0n) is 16.8. The smallest absolute Gasteiger partial charge is 0.250 e. The number of nitrogens with one attached hydrogen (secondary N) is 2. The van der Waals surface area contributed by atoms with Gasteiger partial charge in [-0.25, -0.2) is 9.97 Å². The Morgan fingerprint density at radius 2 is 1.90 bits per heavy atom. The number of nitrogens with zero attached hydrogens (tertiary/aromatic N) is 5. The van der Waals surface area contributed by atoms with Crippen LogP contribution in [0.15, 0.2) is 61.1 Å². The van der Waals surface area contributed by atoms with Gasteiger partial charge in [-0.1, -0.05) is 18.2 Å². The molecule has 0 unspecified atom stereocenters. The number of benzene rings is 1. The summed E-state index contributed by atoms with van der Waals surface area (Å²) < 4.78 is 1.84. The van der Waals surface area contributed by atoms with Crippen molar-refractivity contribution >= 4 is 34.3 Å². The lowest BCUT2D eigenvalue weighted by Crippen LogP contribution is -2.43. The normalized spacial score (nSPS) is 14.0. The molecule has 1 amide bonds. The van der Waals surface area contributed by atoms with Crippen molar-refractivity contribution in [1.82, 2.24) is 24.8 Å². The number of piperazine rings is 1. The van der Waals surface area contributed by atoms with Gasteiger partial charge in [-0.15, -0.1) is 0 Å². The Hall–Kier alpha value is -3.98. The number of hydrogen-bond acceptors (Lipinski definition) is 7. The Balaban J connectivity index is 1.41. The summed E-state index contributed by atoms with van der Waals surface area (Å²) in [6.07, 6.45) is 5.23. The molecule has 0 radical (unpaired) electrons. The number of para-hydroxylation sites is 1. The first-order chi connectivity index (χ1) is 15.2.